The molecule has 0 aliphatic heterocycles. The van der Waals surface area contributed by atoms with E-state index in [0.29, 0.717) is 5.92 Å². The van der Waals surface area contributed by atoms with Crippen LogP contribution in [0.5, 0.6) is 0 Å². The molecule has 1 heterocycles. The van der Waals surface area contributed by atoms with Gasteiger partial charge in [-0.05, 0) is 37.7 Å². The molecule has 0 aliphatic carbocycles. The average molecular weight is 229 g/mol. The Morgan fingerprint density at radius 2 is 1.94 bits per heavy atom. The third kappa shape index (κ3) is 3.17. The van der Waals surface area contributed by atoms with Crippen LogP contribution in [0.15, 0.2) is 36.4 Å². The zero-order valence-corrected chi connectivity index (χ0v) is 10.4. The Bertz CT molecular complexity index is 482. The van der Waals surface area contributed by atoms with Gasteiger partial charge in [0.1, 0.15) is 5.82 Å². The molecular weight excluding hydrogens is 210 g/mol. The Balaban J connectivity index is 2.04. The number of anilines is 1. The van der Waals surface area contributed by atoms with Crippen LogP contribution in [0.4, 0.5) is 5.82 Å². The third-order valence-electron chi connectivity index (χ3n) is 2.78. The molecule has 1 unspecified atom stereocenters. The van der Waals surface area contributed by atoms with Crippen molar-refractivity contribution in [1.29, 1.82) is 0 Å². The van der Waals surface area contributed by atoms with Gasteiger partial charge in [-0.1, -0.05) is 25.1 Å². The summed E-state index contributed by atoms with van der Waals surface area (Å²) < 4.78 is 0. The van der Waals surface area contributed by atoms with Crippen molar-refractivity contribution in [2.75, 3.05) is 25.5 Å². The second-order valence-corrected chi connectivity index (χ2v) is 4.43. The lowest BCUT2D eigenvalue weighted by molar-refractivity contribution is 0.569. The molecule has 0 saturated heterocycles. The number of hydrogen-bond acceptors (Lipinski definition) is 3. The zero-order chi connectivity index (χ0) is 12.1. The number of nitrogens with one attached hydrogen (secondary N) is 2. The Labute approximate surface area is 102 Å². The maximum absolute atomic E-state index is 4.58. The number of fused-ring (bicyclic) bond motifs is 1. The van der Waals surface area contributed by atoms with Gasteiger partial charge in [0, 0.05) is 11.9 Å². The lowest BCUT2D eigenvalue weighted by atomic mass is 10.2. The van der Waals surface area contributed by atoms with Crippen molar-refractivity contribution >= 4 is 16.7 Å². The number of benzene rings is 1. The minimum atomic E-state index is 0.591. The first kappa shape index (κ1) is 11.9. The predicted octanol–water partition coefficient (Wildman–Crippen LogP) is 2.50. The van der Waals surface area contributed by atoms with Crippen LogP contribution >= 0.6 is 0 Å². The van der Waals surface area contributed by atoms with Gasteiger partial charge in [-0.2, -0.15) is 0 Å². The van der Waals surface area contributed by atoms with E-state index < -0.39 is 0 Å². The summed E-state index contributed by atoms with van der Waals surface area (Å²) in [6.07, 6.45) is 0. The van der Waals surface area contributed by atoms with Crippen molar-refractivity contribution in [1.82, 2.24) is 10.3 Å². The molecule has 3 nitrogen and oxygen atoms in total. The molecule has 90 valence electrons. The molecule has 2 aromatic rings. The van der Waals surface area contributed by atoms with Crippen LogP contribution < -0.4 is 10.6 Å². The number of nitrogens with zero attached hydrogens (tertiary/aromatic N) is 1. The third-order valence-corrected chi connectivity index (χ3v) is 2.78. The number of rotatable bonds is 5. The van der Waals surface area contributed by atoms with E-state index in [-0.39, 0.29) is 0 Å². The van der Waals surface area contributed by atoms with E-state index in [1.165, 1.54) is 5.39 Å². The summed E-state index contributed by atoms with van der Waals surface area (Å²) >= 11 is 0. The largest absolute Gasteiger partial charge is 0.370 e. The van der Waals surface area contributed by atoms with Crippen molar-refractivity contribution in [3.63, 3.8) is 0 Å². The molecule has 0 radical (unpaired) electrons. The molecular formula is C14H19N3. The van der Waals surface area contributed by atoms with E-state index in [9.17, 15) is 0 Å². The van der Waals surface area contributed by atoms with E-state index in [0.717, 1.165) is 24.4 Å². The topological polar surface area (TPSA) is 37.0 Å². The average Bonchev–Trinajstić information content (AvgIpc) is 2.36. The summed E-state index contributed by atoms with van der Waals surface area (Å²) in [5.74, 6) is 1.54. The molecule has 0 saturated carbocycles. The summed E-state index contributed by atoms with van der Waals surface area (Å²) in [4.78, 5) is 4.58. The fourth-order valence-corrected chi connectivity index (χ4v) is 1.86. The van der Waals surface area contributed by atoms with Crippen molar-refractivity contribution in [3.05, 3.63) is 36.4 Å². The van der Waals surface area contributed by atoms with Crippen molar-refractivity contribution in [3.8, 4) is 0 Å². The van der Waals surface area contributed by atoms with Crippen LogP contribution in [0.3, 0.4) is 0 Å². The van der Waals surface area contributed by atoms with Gasteiger partial charge in [0.05, 0.1) is 5.52 Å². The minimum absolute atomic E-state index is 0.591. The standard InChI is InChI=1S/C14H19N3/c1-11(9-15-2)10-16-14-8-7-12-5-3-4-6-13(12)17-14/h3-8,11,15H,9-10H2,1-2H3,(H,16,17). The Morgan fingerprint density at radius 3 is 2.76 bits per heavy atom. The molecule has 2 rings (SSSR count). The molecule has 17 heavy (non-hydrogen) atoms. The number of para-hydroxylation sites is 1. The predicted molar refractivity (Wildman–Crippen MR) is 73.3 cm³/mol. The van der Waals surface area contributed by atoms with Crippen molar-refractivity contribution in [2.24, 2.45) is 5.92 Å². The molecule has 1 aromatic carbocycles. The van der Waals surface area contributed by atoms with Gasteiger partial charge in [0.2, 0.25) is 0 Å². The lowest BCUT2D eigenvalue weighted by Crippen LogP contribution is -2.23. The minimum Gasteiger partial charge on any atom is -0.370 e. The van der Waals surface area contributed by atoms with Gasteiger partial charge < -0.3 is 10.6 Å². The van der Waals surface area contributed by atoms with Crippen molar-refractivity contribution in [2.45, 2.75) is 6.92 Å². The molecule has 0 amide bonds. The van der Waals surface area contributed by atoms with Crippen molar-refractivity contribution < 1.29 is 0 Å². The molecule has 2 N–H and O–H groups in total. The summed E-state index contributed by atoms with van der Waals surface area (Å²) in [5, 5.41) is 7.72. The highest BCUT2D eigenvalue weighted by atomic mass is 15.0. The Hall–Kier alpha value is -1.61. The van der Waals surface area contributed by atoms with E-state index in [4.69, 9.17) is 0 Å². The van der Waals surface area contributed by atoms with Crippen LogP contribution in [-0.2, 0) is 0 Å². The summed E-state index contributed by atoms with van der Waals surface area (Å²) in [6, 6.07) is 12.3. The normalized spacial score (nSPS) is 12.6. The Kier molecular flexibility index (Phi) is 3.94. The highest BCUT2D eigenvalue weighted by molar-refractivity contribution is 5.79. The van der Waals surface area contributed by atoms with Gasteiger partial charge in [-0.15, -0.1) is 0 Å². The second-order valence-electron chi connectivity index (χ2n) is 4.43. The van der Waals surface area contributed by atoms with E-state index in [1.807, 2.05) is 31.3 Å². The summed E-state index contributed by atoms with van der Waals surface area (Å²) in [7, 11) is 1.98. The van der Waals surface area contributed by atoms with E-state index >= 15 is 0 Å². The van der Waals surface area contributed by atoms with Crippen LogP contribution in [-0.4, -0.2) is 25.1 Å². The fourth-order valence-electron chi connectivity index (χ4n) is 1.86. The number of aromatic nitrogens is 1. The second kappa shape index (κ2) is 5.64. The quantitative estimate of drug-likeness (QED) is 0.827. The van der Waals surface area contributed by atoms with Gasteiger partial charge >= 0.3 is 0 Å². The highest BCUT2D eigenvalue weighted by Crippen LogP contribution is 2.14. The van der Waals surface area contributed by atoms with Crippen LogP contribution in [0.2, 0.25) is 0 Å². The molecule has 3 heteroatoms. The van der Waals surface area contributed by atoms with Gasteiger partial charge in [0.25, 0.3) is 0 Å². The maximum atomic E-state index is 4.58. The van der Waals surface area contributed by atoms with Crippen LogP contribution in [0, 0.1) is 5.92 Å². The number of hydrogen-bond donors (Lipinski definition) is 2. The number of pyridine rings is 1. The molecule has 0 fully saturated rings. The van der Waals surface area contributed by atoms with Crippen LogP contribution in [0.25, 0.3) is 10.9 Å². The molecule has 0 bridgehead atoms. The highest BCUT2D eigenvalue weighted by Gasteiger charge is 2.01. The zero-order valence-electron chi connectivity index (χ0n) is 10.4. The lowest BCUT2D eigenvalue weighted by Gasteiger charge is -2.12. The van der Waals surface area contributed by atoms with Gasteiger partial charge in [-0.3, -0.25) is 0 Å². The Morgan fingerprint density at radius 1 is 1.12 bits per heavy atom. The molecule has 0 spiro atoms. The summed E-state index contributed by atoms with van der Waals surface area (Å²) in [5.41, 5.74) is 1.04. The van der Waals surface area contributed by atoms with Gasteiger partial charge in [-0.25, -0.2) is 4.98 Å². The van der Waals surface area contributed by atoms with Gasteiger partial charge in [0.15, 0.2) is 0 Å². The molecule has 1 atom stereocenters. The van der Waals surface area contributed by atoms with E-state index in [1.54, 1.807) is 0 Å². The maximum Gasteiger partial charge on any atom is 0.126 e. The smallest absolute Gasteiger partial charge is 0.126 e. The first-order valence-corrected chi connectivity index (χ1v) is 6.04. The summed E-state index contributed by atoms with van der Waals surface area (Å²) in [6.45, 7) is 4.16. The SMILES string of the molecule is CNCC(C)CNc1ccc2ccccc2n1. The first-order valence-electron chi connectivity index (χ1n) is 6.04. The van der Waals surface area contributed by atoms with E-state index in [2.05, 4.69) is 34.7 Å². The molecule has 0 aliphatic rings. The van der Waals surface area contributed by atoms with Crippen LogP contribution in [0.1, 0.15) is 6.92 Å². The molecule has 1 aromatic heterocycles. The fraction of sp³-hybridized carbons (Fsp3) is 0.357. The first-order chi connectivity index (χ1) is 8.29. The monoisotopic (exact) mass is 229 g/mol.